The van der Waals surface area contributed by atoms with Crippen LogP contribution in [0.5, 0.6) is 5.75 Å². The number of nitrogens with one attached hydrogen (secondary N) is 2. The van der Waals surface area contributed by atoms with Crippen LogP contribution in [0.3, 0.4) is 0 Å². The molecule has 2 aromatic rings. The second-order valence-corrected chi connectivity index (χ2v) is 10.6. The van der Waals surface area contributed by atoms with Crippen LogP contribution in [-0.2, 0) is 10.2 Å². The maximum Gasteiger partial charge on any atom is 0.269 e. The second-order valence-electron chi connectivity index (χ2n) is 10.6. The molecule has 174 valence electrons. The van der Waals surface area contributed by atoms with E-state index in [2.05, 4.69) is 23.0 Å². The first-order valence-electron chi connectivity index (χ1n) is 11.9. The van der Waals surface area contributed by atoms with Gasteiger partial charge < -0.3 is 9.64 Å². The predicted octanol–water partition coefficient (Wildman–Crippen LogP) is 4.06. The van der Waals surface area contributed by atoms with Crippen LogP contribution in [0.2, 0.25) is 0 Å². The topological polar surface area (TPSA) is 70.7 Å². The largest absolute Gasteiger partial charge is 0.497 e. The third-order valence-electron chi connectivity index (χ3n) is 8.16. The first-order chi connectivity index (χ1) is 15.8. The first-order valence-corrected chi connectivity index (χ1v) is 11.9. The number of ether oxygens (including phenoxy) is 1. The second kappa shape index (κ2) is 8.08. The number of hydrogen-bond acceptors (Lipinski definition) is 4. The number of amides is 2. The molecule has 4 aliphatic carbocycles. The Morgan fingerprint density at radius 2 is 1.67 bits per heavy atom. The van der Waals surface area contributed by atoms with Gasteiger partial charge in [-0.1, -0.05) is 18.2 Å². The lowest BCUT2D eigenvalue weighted by Gasteiger charge is -2.61. The third kappa shape index (κ3) is 3.85. The molecule has 2 aromatic carbocycles. The summed E-state index contributed by atoms with van der Waals surface area (Å²) < 4.78 is 5.35. The lowest BCUT2D eigenvalue weighted by molar-refractivity contribution is -0.149. The van der Waals surface area contributed by atoms with E-state index < -0.39 is 5.41 Å². The van der Waals surface area contributed by atoms with E-state index in [1.54, 1.807) is 13.2 Å². The third-order valence-corrected chi connectivity index (χ3v) is 8.16. The van der Waals surface area contributed by atoms with Crippen molar-refractivity contribution in [1.29, 1.82) is 0 Å². The molecular formula is C27H33N3O3. The van der Waals surface area contributed by atoms with Crippen LogP contribution in [0, 0.1) is 17.3 Å². The Hall–Kier alpha value is -3.02. The molecule has 0 aliphatic heterocycles. The number of hydrazine groups is 1. The van der Waals surface area contributed by atoms with Gasteiger partial charge in [0.15, 0.2) is 0 Å². The van der Waals surface area contributed by atoms with Gasteiger partial charge in [-0.2, -0.15) is 0 Å². The number of rotatable bonds is 5. The number of benzene rings is 2. The number of carbonyl (C=O) groups is 2. The molecule has 6 rings (SSSR count). The number of hydrogen-bond donors (Lipinski definition) is 2. The number of anilines is 1. The summed E-state index contributed by atoms with van der Waals surface area (Å²) in [6, 6.07) is 15.8. The molecule has 2 atom stereocenters. The molecule has 0 saturated heterocycles. The minimum atomic E-state index is -0.414. The fourth-order valence-electron chi connectivity index (χ4n) is 7.05. The molecule has 0 spiro atoms. The average Bonchev–Trinajstić information content (AvgIpc) is 2.81. The summed E-state index contributed by atoms with van der Waals surface area (Å²) in [6.07, 6.45) is 6.19. The van der Waals surface area contributed by atoms with Crippen LogP contribution in [-0.4, -0.2) is 33.0 Å². The van der Waals surface area contributed by atoms with Crippen molar-refractivity contribution in [1.82, 2.24) is 10.9 Å². The lowest BCUT2D eigenvalue weighted by atomic mass is 9.42. The highest BCUT2D eigenvalue weighted by atomic mass is 16.5. The summed E-state index contributed by atoms with van der Waals surface area (Å²) in [5.41, 5.74) is 7.90. The van der Waals surface area contributed by atoms with Gasteiger partial charge >= 0.3 is 0 Å². The van der Waals surface area contributed by atoms with E-state index in [4.69, 9.17) is 4.74 Å². The van der Waals surface area contributed by atoms with Crippen molar-refractivity contribution in [2.24, 2.45) is 17.3 Å². The van der Waals surface area contributed by atoms with E-state index in [1.807, 2.05) is 49.3 Å². The van der Waals surface area contributed by atoms with Crippen LogP contribution in [0.25, 0.3) is 0 Å². The molecule has 6 heteroatoms. The van der Waals surface area contributed by atoms with Gasteiger partial charge in [0, 0.05) is 25.3 Å². The van der Waals surface area contributed by atoms with Gasteiger partial charge in [0.25, 0.3) is 5.91 Å². The molecule has 4 bridgehead atoms. The van der Waals surface area contributed by atoms with E-state index in [1.165, 1.54) is 12.0 Å². The van der Waals surface area contributed by atoms with Gasteiger partial charge in [0.2, 0.25) is 5.91 Å². The zero-order valence-electron chi connectivity index (χ0n) is 19.7. The average molecular weight is 448 g/mol. The molecule has 0 heterocycles. The zero-order valence-corrected chi connectivity index (χ0v) is 19.7. The highest BCUT2D eigenvalue weighted by Crippen LogP contribution is 2.65. The minimum absolute atomic E-state index is 0.0356. The molecule has 0 aromatic heterocycles. The van der Waals surface area contributed by atoms with E-state index in [0.29, 0.717) is 17.4 Å². The zero-order chi connectivity index (χ0) is 23.2. The maximum absolute atomic E-state index is 13.5. The smallest absolute Gasteiger partial charge is 0.269 e. The van der Waals surface area contributed by atoms with E-state index >= 15 is 0 Å². The normalized spacial score (nSPS) is 29.4. The predicted molar refractivity (Wildman–Crippen MR) is 128 cm³/mol. The molecule has 4 saturated carbocycles. The Bertz CT molecular complexity index is 1050. The number of methoxy groups -OCH3 is 1. The van der Waals surface area contributed by atoms with E-state index in [0.717, 1.165) is 43.5 Å². The van der Waals surface area contributed by atoms with Gasteiger partial charge in [-0.15, -0.1) is 0 Å². The highest BCUT2D eigenvalue weighted by molar-refractivity contribution is 5.96. The van der Waals surface area contributed by atoms with Crippen molar-refractivity contribution < 1.29 is 14.3 Å². The summed E-state index contributed by atoms with van der Waals surface area (Å²) >= 11 is 0. The number of carbonyl (C=O) groups excluding carboxylic acids is 2. The molecule has 2 N–H and O–H groups in total. The van der Waals surface area contributed by atoms with Gasteiger partial charge in [-0.3, -0.25) is 20.4 Å². The summed E-state index contributed by atoms with van der Waals surface area (Å²) in [6.45, 7) is 0. The highest BCUT2D eigenvalue weighted by Gasteiger charge is 2.61. The molecule has 2 amide bonds. The van der Waals surface area contributed by atoms with E-state index in [9.17, 15) is 9.59 Å². The Kier molecular flexibility index (Phi) is 5.34. The quantitative estimate of drug-likeness (QED) is 0.678. The Labute approximate surface area is 195 Å². The van der Waals surface area contributed by atoms with Crippen LogP contribution in [0.4, 0.5) is 5.69 Å². The summed E-state index contributed by atoms with van der Waals surface area (Å²) in [4.78, 5) is 28.2. The van der Waals surface area contributed by atoms with Crippen molar-refractivity contribution in [2.45, 2.75) is 43.9 Å². The van der Waals surface area contributed by atoms with Crippen LogP contribution < -0.4 is 20.5 Å². The van der Waals surface area contributed by atoms with Crippen molar-refractivity contribution >= 4 is 17.5 Å². The van der Waals surface area contributed by atoms with Crippen molar-refractivity contribution in [2.75, 3.05) is 26.1 Å². The Balaban J connectivity index is 1.33. The SMILES string of the molecule is COc1ccc(C23CC4CC(CC(C(=O)NNC(=O)c5cccc(N(C)C)c5)(C4)C2)C3)cc1. The minimum Gasteiger partial charge on any atom is -0.497 e. The van der Waals surface area contributed by atoms with Gasteiger partial charge in [-0.05, 0) is 91.7 Å². The summed E-state index contributed by atoms with van der Waals surface area (Å²) in [7, 11) is 5.55. The Morgan fingerprint density at radius 1 is 0.970 bits per heavy atom. The summed E-state index contributed by atoms with van der Waals surface area (Å²) in [5.74, 6) is 1.66. The molecule has 33 heavy (non-hydrogen) atoms. The molecule has 2 unspecified atom stereocenters. The fourth-order valence-corrected chi connectivity index (χ4v) is 7.05. The van der Waals surface area contributed by atoms with E-state index in [-0.39, 0.29) is 17.2 Å². The molecule has 4 aliphatic rings. The van der Waals surface area contributed by atoms with Crippen LogP contribution >= 0.6 is 0 Å². The summed E-state index contributed by atoms with van der Waals surface area (Å²) in [5, 5.41) is 0. The number of nitrogens with zero attached hydrogens (tertiary/aromatic N) is 1. The molecular weight excluding hydrogens is 414 g/mol. The molecule has 6 nitrogen and oxygen atoms in total. The maximum atomic E-state index is 13.5. The lowest BCUT2D eigenvalue weighted by Crippen LogP contribution is -2.60. The van der Waals surface area contributed by atoms with Crippen LogP contribution in [0.15, 0.2) is 48.5 Å². The van der Waals surface area contributed by atoms with Crippen molar-refractivity contribution in [3.05, 3.63) is 59.7 Å². The van der Waals surface area contributed by atoms with Crippen molar-refractivity contribution in [3.8, 4) is 5.75 Å². The first kappa shape index (κ1) is 21.8. The van der Waals surface area contributed by atoms with Crippen molar-refractivity contribution in [3.63, 3.8) is 0 Å². The fraction of sp³-hybridized carbons (Fsp3) is 0.481. The molecule has 4 fully saturated rings. The van der Waals surface area contributed by atoms with Crippen LogP contribution in [0.1, 0.15) is 54.4 Å². The van der Waals surface area contributed by atoms with Gasteiger partial charge in [-0.25, -0.2) is 0 Å². The monoisotopic (exact) mass is 447 g/mol. The standard InChI is InChI=1S/C27H33N3O3/c1-30(2)22-6-4-5-20(12-22)24(31)28-29-25(32)27-15-18-11-19(16-27)14-26(13-18,17-27)21-7-9-23(33-3)10-8-21/h4-10,12,18-19H,11,13-17H2,1-3H3,(H,28,31)(H,29,32). The van der Waals surface area contributed by atoms with Gasteiger partial charge in [0.05, 0.1) is 12.5 Å². The Morgan fingerprint density at radius 3 is 2.30 bits per heavy atom. The van der Waals surface area contributed by atoms with Gasteiger partial charge in [0.1, 0.15) is 5.75 Å². The molecule has 0 radical (unpaired) electrons.